The highest BCUT2D eigenvalue weighted by Crippen LogP contribution is 2.09. The molecule has 0 radical (unpaired) electrons. The van der Waals surface area contributed by atoms with E-state index in [4.69, 9.17) is 4.74 Å². The maximum absolute atomic E-state index is 11.7. The number of esters is 1. The fourth-order valence-electron chi connectivity index (χ4n) is 1.54. The minimum absolute atomic E-state index is 0.0299. The summed E-state index contributed by atoms with van der Waals surface area (Å²) in [5.41, 5.74) is 0. The first-order valence-corrected chi connectivity index (χ1v) is 7.04. The summed E-state index contributed by atoms with van der Waals surface area (Å²) in [5.74, 6) is -1.82. The number of rotatable bonds is 3. The summed E-state index contributed by atoms with van der Waals surface area (Å²) in [6.07, 6.45) is 0.971. The standard InChI is InChI=1S/C9H15NO6S/c1-15-9(12)7-5-16-4-3-10(7)8(11)6-17(2,13)14/h7H,3-6H2,1-2H3. The first-order valence-electron chi connectivity index (χ1n) is 4.98. The van der Waals surface area contributed by atoms with E-state index in [1.165, 1.54) is 12.0 Å². The molecule has 0 aromatic rings. The summed E-state index contributed by atoms with van der Waals surface area (Å²) in [5, 5.41) is 0. The number of hydrogen-bond donors (Lipinski definition) is 0. The predicted octanol–water partition coefficient (Wildman–Crippen LogP) is -1.57. The molecule has 0 aliphatic carbocycles. The van der Waals surface area contributed by atoms with Crippen molar-refractivity contribution in [3.63, 3.8) is 0 Å². The highest BCUT2D eigenvalue weighted by Gasteiger charge is 2.34. The van der Waals surface area contributed by atoms with E-state index in [1.807, 2.05) is 0 Å². The van der Waals surface area contributed by atoms with Crippen LogP contribution < -0.4 is 0 Å². The van der Waals surface area contributed by atoms with Crippen molar-refractivity contribution in [3.8, 4) is 0 Å². The van der Waals surface area contributed by atoms with Crippen LogP contribution in [-0.4, -0.2) is 70.1 Å². The van der Waals surface area contributed by atoms with Gasteiger partial charge in [-0.05, 0) is 0 Å². The Hall–Kier alpha value is -1.15. The highest BCUT2D eigenvalue weighted by molar-refractivity contribution is 7.91. The van der Waals surface area contributed by atoms with Crippen LogP contribution >= 0.6 is 0 Å². The van der Waals surface area contributed by atoms with Crippen LogP contribution in [0.2, 0.25) is 0 Å². The number of carbonyl (C=O) groups is 2. The molecule has 1 saturated heterocycles. The normalized spacial score (nSPS) is 21.1. The Morgan fingerprint density at radius 1 is 1.47 bits per heavy atom. The quantitative estimate of drug-likeness (QED) is 0.573. The zero-order valence-corrected chi connectivity index (χ0v) is 10.5. The number of sulfone groups is 1. The van der Waals surface area contributed by atoms with E-state index in [0.717, 1.165) is 6.26 Å². The summed E-state index contributed by atoms with van der Waals surface area (Å²) >= 11 is 0. The van der Waals surface area contributed by atoms with Crippen LogP contribution in [-0.2, 0) is 28.9 Å². The van der Waals surface area contributed by atoms with E-state index >= 15 is 0 Å². The third-order valence-corrected chi connectivity index (χ3v) is 3.08. The largest absolute Gasteiger partial charge is 0.467 e. The van der Waals surface area contributed by atoms with Gasteiger partial charge in [0.2, 0.25) is 5.91 Å². The van der Waals surface area contributed by atoms with Gasteiger partial charge >= 0.3 is 5.97 Å². The van der Waals surface area contributed by atoms with E-state index < -0.39 is 33.5 Å². The topological polar surface area (TPSA) is 90.0 Å². The molecule has 0 N–H and O–H groups in total. The van der Waals surface area contributed by atoms with E-state index in [0.29, 0.717) is 0 Å². The van der Waals surface area contributed by atoms with Crippen molar-refractivity contribution in [2.75, 3.05) is 38.9 Å². The second kappa shape index (κ2) is 5.46. The number of amides is 1. The molecule has 1 rings (SSSR count). The minimum atomic E-state index is -3.41. The second-order valence-electron chi connectivity index (χ2n) is 3.77. The maximum atomic E-state index is 11.7. The van der Waals surface area contributed by atoms with Gasteiger partial charge in [0.15, 0.2) is 15.9 Å². The lowest BCUT2D eigenvalue weighted by Gasteiger charge is -2.33. The van der Waals surface area contributed by atoms with Crippen LogP contribution in [0, 0.1) is 0 Å². The Kier molecular flexibility index (Phi) is 4.47. The van der Waals surface area contributed by atoms with Gasteiger partial charge in [-0.25, -0.2) is 13.2 Å². The average molecular weight is 265 g/mol. The van der Waals surface area contributed by atoms with Crippen LogP contribution in [0.5, 0.6) is 0 Å². The Bertz CT molecular complexity index is 404. The van der Waals surface area contributed by atoms with Crippen molar-refractivity contribution in [3.05, 3.63) is 0 Å². The van der Waals surface area contributed by atoms with Gasteiger partial charge in [0.05, 0.1) is 20.3 Å². The highest BCUT2D eigenvalue weighted by atomic mass is 32.2. The summed E-state index contributed by atoms with van der Waals surface area (Å²) in [4.78, 5) is 24.3. The molecule has 0 spiro atoms. The second-order valence-corrected chi connectivity index (χ2v) is 5.91. The molecule has 0 saturated carbocycles. The molecule has 1 unspecified atom stereocenters. The molecule has 0 aromatic heterocycles. The van der Waals surface area contributed by atoms with E-state index in [9.17, 15) is 18.0 Å². The smallest absolute Gasteiger partial charge is 0.331 e. The van der Waals surface area contributed by atoms with Crippen molar-refractivity contribution in [2.24, 2.45) is 0 Å². The molecule has 1 amide bonds. The molecular weight excluding hydrogens is 250 g/mol. The van der Waals surface area contributed by atoms with Crippen LogP contribution in [0.1, 0.15) is 0 Å². The number of morpholine rings is 1. The van der Waals surface area contributed by atoms with Gasteiger partial charge in [0, 0.05) is 12.8 Å². The Morgan fingerprint density at radius 2 is 2.12 bits per heavy atom. The summed E-state index contributed by atoms with van der Waals surface area (Å²) in [6, 6.07) is -0.858. The van der Waals surface area contributed by atoms with Crippen molar-refractivity contribution in [2.45, 2.75) is 6.04 Å². The maximum Gasteiger partial charge on any atom is 0.331 e. The Balaban J connectivity index is 2.78. The van der Waals surface area contributed by atoms with Crippen LogP contribution in [0.15, 0.2) is 0 Å². The SMILES string of the molecule is COC(=O)C1COCCN1C(=O)CS(C)(=O)=O. The fraction of sp³-hybridized carbons (Fsp3) is 0.778. The van der Waals surface area contributed by atoms with Gasteiger partial charge in [-0.3, -0.25) is 4.79 Å². The Labute approximate surface area is 99.6 Å². The molecule has 1 aliphatic heterocycles. The number of methoxy groups -OCH3 is 1. The fourth-order valence-corrected chi connectivity index (χ4v) is 2.16. The number of nitrogens with zero attached hydrogens (tertiary/aromatic N) is 1. The van der Waals surface area contributed by atoms with Gasteiger partial charge in [0.1, 0.15) is 5.75 Å². The first kappa shape index (κ1) is 13.9. The molecule has 1 aliphatic rings. The minimum Gasteiger partial charge on any atom is -0.467 e. The third-order valence-electron chi connectivity index (χ3n) is 2.31. The molecular formula is C9H15NO6S. The van der Waals surface area contributed by atoms with Crippen LogP contribution in [0.3, 0.4) is 0 Å². The van der Waals surface area contributed by atoms with Gasteiger partial charge in [0.25, 0.3) is 0 Å². The van der Waals surface area contributed by atoms with E-state index in [1.54, 1.807) is 0 Å². The summed E-state index contributed by atoms with van der Waals surface area (Å²) in [6.45, 7) is 0.499. The van der Waals surface area contributed by atoms with Crippen molar-refractivity contribution >= 4 is 21.7 Å². The van der Waals surface area contributed by atoms with Gasteiger partial charge in [-0.2, -0.15) is 0 Å². The lowest BCUT2D eigenvalue weighted by molar-refractivity contribution is -0.159. The summed E-state index contributed by atoms with van der Waals surface area (Å²) < 4.78 is 31.7. The predicted molar refractivity (Wildman–Crippen MR) is 58.0 cm³/mol. The third kappa shape index (κ3) is 3.97. The zero-order chi connectivity index (χ0) is 13.1. The van der Waals surface area contributed by atoms with Crippen molar-refractivity contribution in [1.29, 1.82) is 0 Å². The average Bonchev–Trinajstić information content (AvgIpc) is 2.25. The molecule has 1 fully saturated rings. The Morgan fingerprint density at radius 3 is 2.65 bits per heavy atom. The first-order chi connectivity index (χ1) is 7.85. The molecule has 7 nitrogen and oxygen atoms in total. The number of ether oxygens (including phenoxy) is 2. The lowest BCUT2D eigenvalue weighted by Crippen LogP contribution is -2.54. The van der Waals surface area contributed by atoms with E-state index in [2.05, 4.69) is 4.74 Å². The van der Waals surface area contributed by atoms with Crippen molar-refractivity contribution < 1.29 is 27.5 Å². The van der Waals surface area contributed by atoms with Gasteiger partial charge < -0.3 is 14.4 Å². The number of carbonyl (C=O) groups excluding carboxylic acids is 2. The zero-order valence-electron chi connectivity index (χ0n) is 9.71. The lowest BCUT2D eigenvalue weighted by atomic mass is 10.2. The van der Waals surface area contributed by atoms with Crippen molar-refractivity contribution in [1.82, 2.24) is 4.90 Å². The molecule has 98 valence electrons. The van der Waals surface area contributed by atoms with Crippen LogP contribution in [0.25, 0.3) is 0 Å². The van der Waals surface area contributed by atoms with Gasteiger partial charge in [-0.15, -0.1) is 0 Å². The number of hydrogen-bond acceptors (Lipinski definition) is 6. The van der Waals surface area contributed by atoms with E-state index in [-0.39, 0.29) is 19.8 Å². The molecule has 17 heavy (non-hydrogen) atoms. The molecule has 8 heteroatoms. The molecule has 1 heterocycles. The summed E-state index contributed by atoms with van der Waals surface area (Å²) in [7, 11) is -2.21. The molecule has 0 aromatic carbocycles. The monoisotopic (exact) mass is 265 g/mol. The van der Waals surface area contributed by atoms with Crippen LogP contribution in [0.4, 0.5) is 0 Å². The molecule has 1 atom stereocenters. The van der Waals surface area contributed by atoms with Gasteiger partial charge in [-0.1, -0.05) is 0 Å². The molecule has 0 bridgehead atoms.